The van der Waals surface area contributed by atoms with Gasteiger partial charge in [-0.05, 0) is 31.5 Å². The van der Waals surface area contributed by atoms with Crippen molar-refractivity contribution in [3.8, 4) is 0 Å². The van der Waals surface area contributed by atoms with Gasteiger partial charge in [-0.3, -0.25) is 0 Å². The van der Waals surface area contributed by atoms with Gasteiger partial charge in [0.1, 0.15) is 0 Å². The van der Waals surface area contributed by atoms with E-state index in [1.54, 1.807) is 0 Å². The summed E-state index contributed by atoms with van der Waals surface area (Å²) in [5, 5.41) is 7.68. The van der Waals surface area contributed by atoms with Gasteiger partial charge in [-0.15, -0.1) is 0 Å². The maximum atomic E-state index is 5.88. The van der Waals surface area contributed by atoms with E-state index in [1.165, 1.54) is 5.56 Å². The van der Waals surface area contributed by atoms with Crippen LogP contribution in [-0.2, 0) is 5.54 Å². The van der Waals surface area contributed by atoms with E-state index in [2.05, 4.69) is 36.6 Å². The van der Waals surface area contributed by atoms with Crippen LogP contribution in [0.25, 0.3) is 0 Å². The lowest BCUT2D eigenvalue weighted by molar-refractivity contribution is 0.274. The molecule has 1 aliphatic rings. The molecule has 1 aromatic rings. The van der Waals surface area contributed by atoms with Gasteiger partial charge in [-0.25, -0.2) is 0 Å². The van der Waals surface area contributed by atoms with Crippen molar-refractivity contribution in [1.82, 2.24) is 10.6 Å². The summed E-state index contributed by atoms with van der Waals surface area (Å²) in [4.78, 5) is 0. The van der Waals surface area contributed by atoms with E-state index in [1.807, 2.05) is 12.1 Å². The van der Waals surface area contributed by atoms with Crippen LogP contribution in [0.4, 0.5) is 0 Å². The second-order valence-corrected chi connectivity index (χ2v) is 5.07. The minimum absolute atomic E-state index is 0.0113. The Labute approximate surface area is 96.0 Å². The van der Waals surface area contributed by atoms with Crippen molar-refractivity contribution in [2.75, 3.05) is 13.1 Å². The molecular formula is C12H17ClN2. The molecule has 0 unspecified atom stereocenters. The zero-order chi connectivity index (χ0) is 10.9. The molecule has 3 heteroatoms. The summed E-state index contributed by atoms with van der Waals surface area (Å²) >= 11 is 5.88. The van der Waals surface area contributed by atoms with Crippen molar-refractivity contribution in [2.24, 2.45) is 0 Å². The summed E-state index contributed by atoms with van der Waals surface area (Å²) in [6, 6.07) is 8.65. The molecule has 0 radical (unpaired) electrons. The molecule has 1 aromatic carbocycles. The summed E-state index contributed by atoms with van der Waals surface area (Å²) in [7, 11) is 0. The standard InChI is InChI=1S/C12H17ClN2/c1-12(2,15-11-7-14-8-11)9-3-5-10(13)6-4-9/h3-6,11,14-15H,7-8H2,1-2H3. The van der Waals surface area contributed by atoms with Gasteiger partial charge in [0, 0.05) is 29.7 Å². The molecule has 2 nitrogen and oxygen atoms in total. The quantitative estimate of drug-likeness (QED) is 0.822. The average molecular weight is 225 g/mol. The van der Waals surface area contributed by atoms with Gasteiger partial charge >= 0.3 is 0 Å². The molecule has 2 rings (SSSR count). The van der Waals surface area contributed by atoms with Crippen molar-refractivity contribution < 1.29 is 0 Å². The molecule has 2 N–H and O–H groups in total. The molecule has 0 amide bonds. The maximum Gasteiger partial charge on any atom is 0.0406 e. The van der Waals surface area contributed by atoms with E-state index >= 15 is 0 Å². The Morgan fingerprint density at radius 2 is 1.87 bits per heavy atom. The third kappa shape index (κ3) is 2.51. The Kier molecular flexibility index (Phi) is 3.01. The van der Waals surface area contributed by atoms with Crippen LogP contribution in [0.3, 0.4) is 0 Å². The monoisotopic (exact) mass is 224 g/mol. The predicted molar refractivity (Wildman–Crippen MR) is 64.3 cm³/mol. The lowest BCUT2D eigenvalue weighted by atomic mass is 9.92. The molecule has 0 atom stereocenters. The third-order valence-electron chi connectivity index (χ3n) is 2.91. The second-order valence-electron chi connectivity index (χ2n) is 4.63. The van der Waals surface area contributed by atoms with E-state index in [4.69, 9.17) is 11.6 Å². The highest BCUT2D eigenvalue weighted by Crippen LogP contribution is 2.22. The fourth-order valence-corrected chi connectivity index (χ4v) is 1.98. The number of halogens is 1. The van der Waals surface area contributed by atoms with Crippen LogP contribution in [0.1, 0.15) is 19.4 Å². The number of rotatable bonds is 3. The summed E-state index contributed by atoms with van der Waals surface area (Å²) in [6.07, 6.45) is 0. The first kappa shape index (κ1) is 10.9. The molecular weight excluding hydrogens is 208 g/mol. The SMILES string of the molecule is CC(C)(NC1CNC1)c1ccc(Cl)cc1. The molecule has 0 bridgehead atoms. The van der Waals surface area contributed by atoms with E-state index in [0.29, 0.717) is 6.04 Å². The number of hydrogen-bond donors (Lipinski definition) is 2. The molecule has 1 fully saturated rings. The fraction of sp³-hybridized carbons (Fsp3) is 0.500. The van der Waals surface area contributed by atoms with Crippen LogP contribution in [-0.4, -0.2) is 19.1 Å². The van der Waals surface area contributed by atoms with Gasteiger partial charge in [0.2, 0.25) is 0 Å². The molecule has 1 aliphatic heterocycles. The molecule has 15 heavy (non-hydrogen) atoms. The van der Waals surface area contributed by atoms with E-state index in [-0.39, 0.29) is 5.54 Å². The van der Waals surface area contributed by atoms with E-state index in [0.717, 1.165) is 18.1 Å². The van der Waals surface area contributed by atoms with Gasteiger partial charge in [0.25, 0.3) is 0 Å². The minimum Gasteiger partial charge on any atom is -0.314 e. The number of hydrogen-bond acceptors (Lipinski definition) is 2. The van der Waals surface area contributed by atoms with Gasteiger partial charge in [0.15, 0.2) is 0 Å². The molecule has 1 saturated heterocycles. The van der Waals surface area contributed by atoms with Crippen LogP contribution in [0.2, 0.25) is 5.02 Å². The summed E-state index contributed by atoms with van der Waals surface area (Å²) in [6.45, 7) is 6.54. The molecule has 0 aliphatic carbocycles. The normalized spacial score (nSPS) is 17.5. The summed E-state index contributed by atoms with van der Waals surface area (Å²) in [5.74, 6) is 0. The van der Waals surface area contributed by atoms with E-state index < -0.39 is 0 Å². The molecule has 82 valence electrons. The van der Waals surface area contributed by atoms with Gasteiger partial charge in [0.05, 0.1) is 0 Å². The van der Waals surface area contributed by atoms with E-state index in [9.17, 15) is 0 Å². The lowest BCUT2D eigenvalue weighted by Gasteiger charge is -2.37. The zero-order valence-electron chi connectivity index (χ0n) is 9.18. The van der Waals surface area contributed by atoms with Gasteiger partial charge < -0.3 is 10.6 Å². The van der Waals surface area contributed by atoms with Crippen molar-refractivity contribution in [3.63, 3.8) is 0 Å². The number of benzene rings is 1. The topological polar surface area (TPSA) is 24.1 Å². The molecule has 0 aromatic heterocycles. The Bertz CT molecular complexity index is 328. The zero-order valence-corrected chi connectivity index (χ0v) is 9.93. The highest BCUT2D eigenvalue weighted by molar-refractivity contribution is 6.30. The second kappa shape index (κ2) is 4.12. The Balaban J connectivity index is 2.09. The molecule has 1 heterocycles. The smallest absolute Gasteiger partial charge is 0.0406 e. The lowest BCUT2D eigenvalue weighted by Crippen LogP contribution is -2.59. The van der Waals surface area contributed by atoms with Gasteiger partial charge in [-0.2, -0.15) is 0 Å². The van der Waals surface area contributed by atoms with Crippen LogP contribution in [0, 0.1) is 0 Å². The van der Waals surface area contributed by atoms with Crippen molar-refractivity contribution >= 4 is 11.6 Å². The summed E-state index contributed by atoms with van der Waals surface area (Å²) in [5.41, 5.74) is 1.29. The van der Waals surface area contributed by atoms with Crippen LogP contribution < -0.4 is 10.6 Å². The summed E-state index contributed by atoms with van der Waals surface area (Å²) < 4.78 is 0. The van der Waals surface area contributed by atoms with Crippen molar-refractivity contribution in [2.45, 2.75) is 25.4 Å². The van der Waals surface area contributed by atoms with Gasteiger partial charge in [-0.1, -0.05) is 23.7 Å². The molecule has 0 saturated carbocycles. The maximum absolute atomic E-state index is 5.88. The van der Waals surface area contributed by atoms with Crippen LogP contribution >= 0.6 is 11.6 Å². The average Bonchev–Trinajstić information content (AvgIpc) is 2.13. The minimum atomic E-state index is 0.0113. The fourth-order valence-electron chi connectivity index (χ4n) is 1.85. The van der Waals surface area contributed by atoms with Crippen molar-refractivity contribution in [3.05, 3.63) is 34.9 Å². The highest BCUT2D eigenvalue weighted by Gasteiger charge is 2.26. The highest BCUT2D eigenvalue weighted by atomic mass is 35.5. The Hall–Kier alpha value is -0.570. The Morgan fingerprint density at radius 1 is 1.27 bits per heavy atom. The van der Waals surface area contributed by atoms with Crippen LogP contribution in [0.5, 0.6) is 0 Å². The largest absolute Gasteiger partial charge is 0.314 e. The Morgan fingerprint density at radius 3 is 2.33 bits per heavy atom. The first-order chi connectivity index (χ1) is 7.08. The predicted octanol–water partition coefficient (Wildman–Crippen LogP) is 2.14. The first-order valence-electron chi connectivity index (χ1n) is 5.32. The molecule has 0 spiro atoms. The first-order valence-corrected chi connectivity index (χ1v) is 5.70. The van der Waals surface area contributed by atoms with Crippen LogP contribution in [0.15, 0.2) is 24.3 Å². The van der Waals surface area contributed by atoms with Crippen molar-refractivity contribution in [1.29, 1.82) is 0 Å². The third-order valence-corrected chi connectivity index (χ3v) is 3.16. The number of nitrogens with one attached hydrogen (secondary N) is 2.